The minimum absolute atomic E-state index is 0.00194. The predicted molar refractivity (Wildman–Crippen MR) is 217 cm³/mol. The first-order valence-electron chi connectivity index (χ1n) is 21.1. The summed E-state index contributed by atoms with van der Waals surface area (Å²) in [5, 5.41) is 38.2. The first-order valence-corrected chi connectivity index (χ1v) is 21.5. The SMILES string of the molecule is CCC(=O)O[C@]1(C(=O)COCNC(=O)CNC(=O)[C@H](CCC(O)O)NC(=O)CCCCCN2C(=O)C=CC2=O)[C@@H](C)CC2[C@@H]3CCC4=CC(=O)C=C[C@]4(C)[C@@]3(Cl)[C@@H](O)C[C@@]21C. The highest BCUT2D eigenvalue weighted by Gasteiger charge is 2.76. The fourth-order valence-corrected chi connectivity index (χ4v) is 11.1. The highest BCUT2D eigenvalue weighted by atomic mass is 35.5. The van der Waals surface area contributed by atoms with Gasteiger partial charge in [-0.05, 0) is 68.9 Å². The maximum atomic E-state index is 14.4. The number of fused-ring (bicyclic) bond motifs is 5. The number of ketones is 2. The van der Waals surface area contributed by atoms with Gasteiger partial charge in [0.15, 0.2) is 17.7 Å². The summed E-state index contributed by atoms with van der Waals surface area (Å²) in [4.78, 5) is 101. The molecule has 5 aliphatic rings. The van der Waals surface area contributed by atoms with E-state index in [1.54, 1.807) is 19.1 Å². The third kappa shape index (κ3) is 9.41. The molecule has 18 heteroatoms. The van der Waals surface area contributed by atoms with Gasteiger partial charge in [-0.15, -0.1) is 11.6 Å². The summed E-state index contributed by atoms with van der Waals surface area (Å²) in [6.45, 7) is 5.93. The molecular weight excluding hydrogens is 816 g/mol. The maximum absolute atomic E-state index is 14.4. The molecule has 5 rings (SSSR count). The molecule has 6 N–H and O–H groups in total. The zero-order valence-corrected chi connectivity index (χ0v) is 36.0. The van der Waals surface area contributed by atoms with E-state index in [-0.39, 0.29) is 68.1 Å². The Kier molecular flexibility index (Phi) is 15.2. The zero-order valence-electron chi connectivity index (χ0n) is 35.2. The van der Waals surface area contributed by atoms with E-state index in [1.165, 1.54) is 18.2 Å². The van der Waals surface area contributed by atoms with Crippen molar-refractivity contribution >= 4 is 58.7 Å². The third-order valence-corrected chi connectivity index (χ3v) is 14.7. The second-order valence-corrected chi connectivity index (χ2v) is 18.0. The van der Waals surface area contributed by atoms with Crippen LogP contribution in [0.5, 0.6) is 0 Å². The Hall–Kier alpha value is -4.29. The number of unbranched alkanes of at least 4 members (excludes halogenated alkanes) is 2. The van der Waals surface area contributed by atoms with E-state index in [1.807, 2.05) is 20.8 Å². The molecule has 4 aliphatic carbocycles. The smallest absolute Gasteiger partial charge is 0.306 e. The topological polar surface area (TPSA) is 255 Å². The number of nitrogens with zero attached hydrogens (tertiary/aromatic N) is 1. The lowest BCUT2D eigenvalue weighted by molar-refractivity contribution is -0.203. The summed E-state index contributed by atoms with van der Waals surface area (Å²) in [5.41, 5.74) is -2.70. The molecule has 5 amide bonds. The van der Waals surface area contributed by atoms with Crippen LogP contribution in [0.3, 0.4) is 0 Å². The van der Waals surface area contributed by atoms with E-state index in [2.05, 4.69) is 16.0 Å². The monoisotopic (exact) mass is 874 g/mol. The van der Waals surface area contributed by atoms with Crippen LogP contribution in [0.2, 0.25) is 0 Å². The van der Waals surface area contributed by atoms with Gasteiger partial charge in [-0.25, -0.2) is 0 Å². The molecule has 336 valence electrons. The van der Waals surface area contributed by atoms with E-state index in [4.69, 9.17) is 21.1 Å². The summed E-state index contributed by atoms with van der Waals surface area (Å²) < 4.78 is 11.8. The predicted octanol–water partition coefficient (Wildman–Crippen LogP) is 1.40. The Morgan fingerprint density at radius 2 is 1.67 bits per heavy atom. The zero-order chi connectivity index (χ0) is 44.9. The molecule has 3 saturated carbocycles. The number of rotatable bonds is 20. The standard InChI is InChI=1S/C43H59ClN4O13/c1-5-38(58)61-43(25(2)19-29-28-11-10-26-20-27(49)16-17-40(26,3)42(28,44)31(50)21-41(29,43)4)32(51)23-60-24-46-34(53)22-45-39(59)30(12-15-37(56)57)47-33(52)9-7-6-8-18-48-35(54)13-14-36(48)55/h13-14,16-17,20,25,28-31,37,50,56-57H,5-12,15,18-19,21-24H2,1-4H3,(H,45,59)(H,46,53)(H,47,52)/t25-,28-,29?,30-,31-,40-,41-,42-,43-/m0/s1. The van der Waals surface area contributed by atoms with Crippen molar-refractivity contribution in [2.24, 2.45) is 28.6 Å². The number of allylic oxidation sites excluding steroid dienone is 4. The third-order valence-electron chi connectivity index (χ3n) is 13.7. The number of hydrogen-bond donors (Lipinski definition) is 6. The van der Waals surface area contributed by atoms with Crippen LogP contribution < -0.4 is 16.0 Å². The van der Waals surface area contributed by atoms with Gasteiger partial charge < -0.3 is 40.7 Å². The van der Waals surface area contributed by atoms with Crippen LogP contribution in [-0.2, 0) is 47.8 Å². The van der Waals surface area contributed by atoms with E-state index in [0.717, 1.165) is 10.5 Å². The number of halogens is 1. The maximum Gasteiger partial charge on any atom is 0.306 e. The Morgan fingerprint density at radius 3 is 2.34 bits per heavy atom. The first-order chi connectivity index (χ1) is 28.7. The minimum atomic E-state index is -1.74. The van der Waals surface area contributed by atoms with Crippen LogP contribution in [-0.4, -0.2) is 123 Å². The summed E-state index contributed by atoms with van der Waals surface area (Å²) in [5.74, 6) is -5.01. The minimum Gasteiger partial charge on any atom is -0.450 e. The van der Waals surface area contributed by atoms with Crippen LogP contribution in [0.25, 0.3) is 0 Å². The molecule has 9 atom stereocenters. The number of carbonyl (C=O) groups excluding carboxylic acids is 8. The van der Waals surface area contributed by atoms with Gasteiger partial charge in [0.05, 0.1) is 17.5 Å². The van der Waals surface area contributed by atoms with Crippen LogP contribution in [0.1, 0.15) is 98.3 Å². The van der Waals surface area contributed by atoms with Crippen molar-refractivity contribution in [3.63, 3.8) is 0 Å². The number of hydrogen-bond acceptors (Lipinski definition) is 13. The fraction of sp³-hybridized carbons (Fsp3) is 0.674. The Labute approximate surface area is 360 Å². The van der Waals surface area contributed by atoms with E-state index >= 15 is 0 Å². The van der Waals surface area contributed by atoms with Gasteiger partial charge in [0.1, 0.15) is 19.4 Å². The molecule has 61 heavy (non-hydrogen) atoms. The Morgan fingerprint density at radius 1 is 0.967 bits per heavy atom. The summed E-state index contributed by atoms with van der Waals surface area (Å²) in [7, 11) is 0. The summed E-state index contributed by atoms with van der Waals surface area (Å²) in [6.07, 6.45) is 7.05. The molecule has 1 unspecified atom stereocenters. The lowest BCUT2D eigenvalue weighted by atomic mass is 9.45. The number of aliphatic hydroxyl groups is 3. The van der Waals surface area contributed by atoms with Crippen molar-refractivity contribution in [3.8, 4) is 0 Å². The van der Waals surface area contributed by atoms with Gasteiger partial charge in [-0.1, -0.05) is 45.8 Å². The molecule has 17 nitrogen and oxygen atoms in total. The van der Waals surface area contributed by atoms with Crippen molar-refractivity contribution < 1.29 is 63.1 Å². The second-order valence-electron chi connectivity index (χ2n) is 17.3. The number of imide groups is 1. The van der Waals surface area contributed by atoms with Gasteiger partial charge in [-0.2, -0.15) is 0 Å². The van der Waals surface area contributed by atoms with Crippen LogP contribution in [0.4, 0.5) is 0 Å². The lowest BCUT2D eigenvalue weighted by Crippen LogP contribution is -2.69. The number of nitrogens with one attached hydrogen (secondary N) is 3. The normalized spacial score (nSPS) is 31.9. The van der Waals surface area contributed by atoms with Gasteiger partial charge in [0, 0.05) is 54.7 Å². The Bertz CT molecular complexity index is 1850. The van der Waals surface area contributed by atoms with Crippen molar-refractivity contribution in [2.75, 3.05) is 26.4 Å². The van der Waals surface area contributed by atoms with Crippen molar-refractivity contribution in [1.82, 2.24) is 20.9 Å². The molecule has 0 aromatic heterocycles. The summed E-state index contributed by atoms with van der Waals surface area (Å²) >= 11 is 7.57. The molecule has 1 heterocycles. The van der Waals surface area contributed by atoms with Crippen LogP contribution in [0, 0.1) is 28.6 Å². The average Bonchev–Trinajstić information content (AvgIpc) is 3.64. The van der Waals surface area contributed by atoms with E-state index < -0.39 is 95.0 Å². The largest absolute Gasteiger partial charge is 0.450 e. The molecule has 0 radical (unpaired) electrons. The van der Waals surface area contributed by atoms with E-state index in [9.17, 15) is 53.7 Å². The number of aliphatic hydroxyl groups excluding tert-OH is 2. The molecular formula is C43H59ClN4O13. The number of alkyl halides is 1. The highest BCUT2D eigenvalue weighted by molar-refractivity contribution is 6.26. The first kappa shape index (κ1) is 47.8. The molecule has 1 aliphatic heterocycles. The van der Waals surface area contributed by atoms with Gasteiger partial charge in [0.25, 0.3) is 11.8 Å². The lowest BCUT2D eigenvalue weighted by Gasteiger charge is -2.64. The van der Waals surface area contributed by atoms with Gasteiger partial charge >= 0.3 is 5.97 Å². The number of amides is 5. The van der Waals surface area contributed by atoms with Gasteiger partial charge in [0.2, 0.25) is 23.5 Å². The molecule has 3 fully saturated rings. The molecule has 0 aromatic rings. The highest BCUT2D eigenvalue weighted by Crippen LogP contribution is 2.72. The number of esters is 1. The average molecular weight is 875 g/mol. The Balaban J connectivity index is 1.14. The summed E-state index contributed by atoms with van der Waals surface area (Å²) in [6, 6.07) is -1.19. The van der Waals surface area contributed by atoms with Gasteiger partial charge in [-0.3, -0.25) is 43.3 Å². The van der Waals surface area contributed by atoms with Crippen LogP contribution in [0.15, 0.2) is 36.0 Å². The van der Waals surface area contributed by atoms with Crippen LogP contribution >= 0.6 is 11.6 Å². The molecule has 0 saturated heterocycles. The molecule has 0 spiro atoms. The van der Waals surface area contributed by atoms with Crippen molar-refractivity contribution in [2.45, 2.75) is 127 Å². The number of Topliss-reactive ketones (excluding diaryl/α,β-unsaturated/α-hetero) is 1. The molecule has 0 aromatic carbocycles. The number of ether oxygens (including phenoxy) is 2. The van der Waals surface area contributed by atoms with Crippen molar-refractivity contribution in [3.05, 3.63) is 36.0 Å². The number of carbonyl (C=O) groups is 8. The van der Waals surface area contributed by atoms with Crippen molar-refractivity contribution in [1.29, 1.82) is 0 Å². The second kappa shape index (κ2) is 19.4. The molecule has 0 bridgehead atoms. The van der Waals surface area contributed by atoms with E-state index in [0.29, 0.717) is 38.5 Å². The quantitative estimate of drug-likeness (QED) is 0.0333. The fourth-order valence-electron chi connectivity index (χ4n) is 10.6.